The summed E-state index contributed by atoms with van der Waals surface area (Å²) in [6.07, 6.45) is 4.67. The van der Waals surface area contributed by atoms with Gasteiger partial charge < -0.3 is 0 Å². The van der Waals surface area contributed by atoms with E-state index in [0.29, 0.717) is 6.04 Å². The van der Waals surface area contributed by atoms with Crippen LogP contribution in [0.3, 0.4) is 0 Å². The fourth-order valence-electron chi connectivity index (χ4n) is 1.86. The highest BCUT2D eigenvalue weighted by molar-refractivity contribution is 14.1. The molecule has 1 unspecified atom stereocenters. The van der Waals surface area contributed by atoms with E-state index in [-0.39, 0.29) is 0 Å². The van der Waals surface area contributed by atoms with Crippen molar-refractivity contribution in [2.45, 2.75) is 51.4 Å². The maximum Gasteiger partial charge on any atom is 0.129 e. The first-order valence-electron chi connectivity index (χ1n) is 6.94. The van der Waals surface area contributed by atoms with Crippen LogP contribution in [0.1, 0.15) is 37.3 Å². The first kappa shape index (κ1) is 16.7. The first-order chi connectivity index (χ1) is 9.03. The van der Waals surface area contributed by atoms with Crippen LogP contribution in [0, 0.1) is 11.5 Å². The van der Waals surface area contributed by atoms with Crippen LogP contribution < -0.4 is 3.53 Å². The summed E-state index contributed by atoms with van der Waals surface area (Å²) in [5.74, 6) is 3.35. The lowest BCUT2D eigenvalue weighted by molar-refractivity contribution is 0.575. The van der Waals surface area contributed by atoms with E-state index in [1.54, 1.807) is 0 Å². The van der Waals surface area contributed by atoms with Gasteiger partial charge in [0.05, 0.1) is 0 Å². The van der Waals surface area contributed by atoms with Gasteiger partial charge in [0.2, 0.25) is 0 Å². The fourth-order valence-corrected chi connectivity index (χ4v) is 3.19. The van der Waals surface area contributed by atoms with Crippen LogP contribution in [0.4, 0.5) is 0 Å². The molecule has 104 valence electrons. The van der Waals surface area contributed by atoms with E-state index in [4.69, 9.17) is 0 Å². The van der Waals surface area contributed by atoms with Crippen molar-refractivity contribution < 1.29 is 0 Å². The third-order valence-electron chi connectivity index (χ3n) is 2.84. The summed E-state index contributed by atoms with van der Waals surface area (Å²) in [5, 5.41) is 0. The standard InChI is InChI=1S/C16H24INSi/c1-19(2,3)14-10-5-4-9-13-16(18-17)15-11-7-6-8-12-15/h6-8,11-12,16,18H,4-5,9,13H2,1-3H3. The summed E-state index contributed by atoms with van der Waals surface area (Å²) >= 11 is 2.26. The highest BCUT2D eigenvalue weighted by Gasteiger charge is 2.09. The lowest BCUT2D eigenvalue weighted by Crippen LogP contribution is -2.16. The average Bonchev–Trinajstić information content (AvgIpc) is 2.38. The van der Waals surface area contributed by atoms with Gasteiger partial charge in [0.25, 0.3) is 0 Å². The van der Waals surface area contributed by atoms with Crippen LogP contribution in [0.15, 0.2) is 30.3 Å². The monoisotopic (exact) mass is 385 g/mol. The molecule has 0 fully saturated rings. The van der Waals surface area contributed by atoms with Crippen LogP contribution in [0.2, 0.25) is 19.6 Å². The smallest absolute Gasteiger partial charge is 0.129 e. The summed E-state index contributed by atoms with van der Waals surface area (Å²) in [6, 6.07) is 11.1. The van der Waals surface area contributed by atoms with Gasteiger partial charge in [-0.1, -0.05) is 56.4 Å². The molecule has 1 rings (SSSR count). The third-order valence-corrected chi connectivity index (χ3v) is 4.52. The van der Waals surface area contributed by atoms with Gasteiger partial charge in [0.1, 0.15) is 8.07 Å². The second-order valence-corrected chi connectivity index (χ2v) is 11.2. The molecule has 19 heavy (non-hydrogen) atoms. The van der Waals surface area contributed by atoms with Crippen molar-refractivity contribution >= 4 is 30.9 Å². The Morgan fingerprint density at radius 2 is 1.84 bits per heavy atom. The molecule has 1 nitrogen and oxygen atoms in total. The van der Waals surface area contributed by atoms with Gasteiger partial charge in [-0.25, -0.2) is 0 Å². The van der Waals surface area contributed by atoms with Crippen LogP contribution in [-0.4, -0.2) is 8.07 Å². The molecule has 0 aliphatic rings. The Labute approximate surface area is 133 Å². The number of nitrogens with one attached hydrogen (secondary N) is 1. The van der Waals surface area contributed by atoms with Gasteiger partial charge >= 0.3 is 0 Å². The summed E-state index contributed by atoms with van der Waals surface area (Å²) in [6.45, 7) is 6.89. The van der Waals surface area contributed by atoms with E-state index >= 15 is 0 Å². The van der Waals surface area contributed by atoms with Crippen molar-refractivity contribution in [1.82, 2.24) is 3.53 Å². The molecule has 1 aromatic carbocycles. The van der Waals surface area contributed by atoms with E-state index in [2.05, 4.69) is 87.8 Å². The first-order valence-corrected chi connectivity index (χ1v) is 11.5. The molecule has 1 N–H and O–H groups in total. The molecule has 0 bridgehead atoms. The highest BCUT2D eigenvalue weighted by atomic mass is 127. The van der Waals surface area contributed by atoms with Crippen LogP contribution in [0.5, 0.6) is 0 Å². The molecule has 0 saturated heterocycles. The number of benzene rings is 1. The zero-order valence-corrected chi connectivity index (χ0v) is 15.3. The topological polar surface area (TPSA) is 12.0 Å². The second-order valence-electron chi connectivity index (χ2n) is 5.87. The van der Waals surface area contributed by atoms with Crippen LogP contribution in [-0.2, 0) is 0 Å². The van der Waals surface area contributed by atoms with Gasteiger partial charge in [0, 0.05) is 35.3 Å². The van der Waals surface area contributed by atoms with E-state index in [0.717, 1.165) is 6.42 Å². The van der Waals surface area contributed by atoms with E-state index in [1.807, 2.05) is 0 Å². The Kier molecular flexibility index (Phi) is 7.73. The van der Waals surface area contributed by atoms with E-state index < -0.39 is 8.07 Å². The summed E-state index contributed by atoms with van der Waals surface area (Å²) < 4.78 is 3.37. The molecule has 0 heterocycles. The SMILES string of the molecule is C[Si](C)(C)C#CCCCCC(NI)c1ccccc1. The zero-order valence-electron chi connectivity index (χ0n) is 12.2. The minimum atomic E-state index is -1.17. The largest absolute Gasteiger partial charge is 0.254 e. The van der Waals surface area contributed by atoms with Crippen molar-refractivity contribution in [2.75, 3.05) is 0 Å². The lowest BCUT2D eigenvalue weighted by atomic mass is 10.0. The second kappa shape index (κ2) is 8.78. The predicted molar refractivity (Wildman–Crippen MR) is 95.9 cm³/mol. The van der Waals surface area contributed by atoms with Crippen molar-refractivity contribution in [3.63, 3.8) is 0 Å². The quantitative estimate of drug-likeness (QED) is 0.236. The number of halogens is 1. The van der Waals surface area contributed by atoms with Gasteiger partial charge in [-0.05, 0) is 18.4 Å². The third kappa shape index (κ3) is 7.76. The molecule has 1 atom stereocenters. The highest BCUT2D eigenvalue weighted by Crippen LogP contribution is 2.20. The molecule has 0 radical (unpaired) electrons. The Hall–Kier alpha value is -0.313. The Morgan fingerprint density at radius 3 is 2.42 bits per heavy atom. The maximum atomic E-state index is 3.43. The zero-order chi connectivity index (χ0) is 14.1. The lowest BCUT2D eigenvalue weighted by Gasteiger charge is -2.14. The minimum absolute atomic E-state index is 0.465. The number of hydrogen-bond donors (Lipinski definition) is 1. The molecule has 3 heteroatoms. The summed E-state index contributed by atoms with van der Waals surface area (Å²) in [7, 11) is -1.17. The molecule has 0 saturated carbocycles. The van der Waals surface area contributed by atoms with Crippen LogP contribution >= 0.6 is 22.9 Å². The molecule has 0 spiro atoms. The summed E-state index contributed by atoms with van der Waals surface area (Å²) in [5.41, 5.74) is 4.81. The number of rotatable bonds is 6. The Bertz CT molecular complexity index is 414. The minimum Gasteiger partial charge on any atom is -0.254 e. The molecule has 0 aliphatic heterocycles. The predicted octanol–water partition coefficient (Wildman–Crippen LogP) is 5.11. The van der Waals surface area contributed by atoms with Gasteiger partial charge in [-0.3, -0.25) is 3.53 Å². The molecule has 0 aliphatic carbocycles. The van der Waals surface area contributed by atoms with Gasteiger partial charge in [-0.15, -0.1) is 11.5 Å². The Balaban J connectivity index is 2.29. The molecular weight excluding hydrogens is 361 g/mol. The number of hydrogen-bond acceptors (Lipinski definition) is 1. The van der Waals surface area contributed by atoms with Crippen molar-refractivity contribution in [3.05, 3.63) is 35.9 Å². The molecule has 0 amide bonds. The van der Waals surface area contributed by atoms with Crippen molar-refractivity contribution in [3.8, 4) is 11.5 Å². The average molecular weight is 385 g/mol. The van der Waals surface area contributed by atoms with E-state index in [1.165, 1.54) is 24.8 Å². The van der Waals surface area contributed by atoms with Crippen LogP contribution in [0.25, 0.3) is 0 Å². The van der Waals surface area contributed by atoms with Gasteiger partial charge in [-0.2, -0.15) is 0 Å². The molecule has 1 aromatic rings. The van der Waals surface area contributed by atoms with E-state index in [9.17, 15) is 0 Å². The Morgan fingerprint density at radius 1 is 1.16 bits per heavy atom. The molecular formula is C16H24INSi. The molecule has 0 aromatic heterocycles. The maximum absolute atomic E-state index is 3.43. The number of unbranched alkanes of at least 4 members (excludes halogenated alkanes) is 2. The fraction of sp³-hybridized carbons (Fsp3) is 0.500. The van der Waals surface area contributed by atoms with Crippen molar-refractivity contribution in [1.29, 1.82) is 0 Å². The normalized spacial score (nSPS) is 12.6. The van der Waals surface area contributed by atoms with Gasteiger partial charge in [0.15, 0.2) is 0 Å². The summed E-state index contributed by atoms with van der Waals surface area (Å²) in [4.78, 5) is 0. The van der Waals surface area contributed by atoms with Crippen molar-refractivity contribution in [2.24, 2.45) is 0 Å².